The van der Waals surface area contributed by atoms with E-state index in [4.69, 9.17) is 0 Å². The van der Waals surface area contributed by atoms with Gasteiger partial charge in [0.15, 0.2) is 11.6 Å². The van der Waals surface area contributed by atoms with Crippen molar-refractivity contribution >= 4 is 33.1 Å². The fourth-order valence-electron chi connectivity index (χ4n) is 5.56. The predicted molar refractivity (Wildman–Crippen MR) is 169 cm³/mol. The molecule has 42 heavy (non-hydrogen) atoms. The highest BCUT2D eigenvalue weighted by atomic mass is 16.3. The molecule has 0 spiro atoms. The van der Waals surface area contributed by atoms with Gasteiger partial charge in [-0.05, 0) is 69.8 Å². The number of phenolic OH excluding ortho intramolecular Hbond substituents is 2. The molecule has 0 atom stereocenters. The van der Waals surface area contributed by atoms with Crippen molar-refractivity contribution in [3.05, 3.63) is 143 Å². The molecule has 0 bridgehead atoms. The summed E-state index contributed by atoms with van der Waals surface area (Å²) in [4.78, 5) is 26.5. The number of aryl methyl sites for hydroxylation is 2. The number of rotatable bonds is 7. The highest BCUT2D eigenvalue weighted by Gasteiger charge is 2.19. The Kier molecular flexibility index (Phi) is 7.05. The van der Waals surface area contributed by atoms with Gasteiger partial charge in [-0.15, -0.1) is 0 Å². The summed E-state index contributed by atoms with van der Waals surface area (Å²) in [6.45, 7) is 4.15. The molecule has 206 valence electrons. The van der Waals surface area contributed by atoms with E-state index < -0.39 is 0 Å². The van der Waals surface area contributed by atoms with Crippen LogP contribution in [0.5, 0.6) is 11.5 Å². The summed E-state index contributed by atoms with van der Waals surface area (Å²) in [5.74, 6) is -0.140. The van der Waals surface area contributed by atoms with Gasteiger partial charge in [-0.25, -0.2) is 0 Å². The first-order valence-electron chi connectivity index (χ1n) is 14.2. The predicted octanol–water partition coefficient (Wildman–Crippen LogP) is 8.66. The molecule has 0 saturated carbocycles. The molecule has 2 N–H and O–H groups in total. The van der Waals surface area contributed by atoms with Crippen molar-refractivity contribution in [1.29, 1.82) is 0 Å². The summed E-state index contributed by atoms with van der Waals surface area (Å²) in [5, 5.41) is 25.0. The fraction of sp³-hybridized carbons (Fsp3) is 0.105. The van der Waals surface area contributed by atoms with Crippen LogP contribution in [0, 0.1) is 0 Å². The maximum atomic E-state index is 13.2. The van der Waals surface area contributed by atoms with Gasteiger partial charge < -0.3 is 10.2 Å². The highest BCUT2D eigenvalue weighted by molar-refractivity contribution is 6.15. The molecular formula is C38H30O4. The monoisotopic (exact) mass is 550 g/mol. The Balaban J connectivity index is 1.43. The summed E-state index contributed by atoms with van der Waals surface area (Å²) in [7, 11) is 0. The van der Waals surface area contributed by atoms with E-state index in [-0.39, 0.29) is 23.1 Å². The average molecular weight is 551 g/mol. The number of carbonyl (C=O) groups is 2. The lowest BCUT2D eigenvalue weighted by molar-refractivity contribution is 0.103. The number of carbonyl (C=O) groups excluding carboxylic acids is 2. The zero-order valence-electron chi connectivity index (χ0n) is 23.5. The van der Waals surface area contributed by atoms with Gasteiger partial charge in [0.25, 0.3) is 0 Å². The molecule has 0 amide bonds. The van der Waals surface area contributed by atoms with Crippen LogP contribution in [0.4, 0.5) is 0 Å². The van der Waals surface area contributed by atoms with Crippen LogP contribution >= 0.6 is 0 Å². The number of phenols is 2. The molecule has 0 unspecified atom stereocenters. The third kappa shape index (κ3) is 4.82. The highest BCUT2D eigenvalue weighted by Crippen LogP contribution is 2.45. The standard InChI is InChI=1S/C38H30O4/c1-3-23-5-9-25(10-6-23)37(41)29-13-17-31-27(21-29)15-19-33(39)35(31)36-32-18-14-30(22-28(32)16-20-34(36)40)38(42)26-11-7-24(4-2)8-12-26/h5-22,39-40H,3-4H2,1-2H3. The van der Waals surface area contributed by atoms with E-state index >= 15 is 0 Å². The van der Waals surface area contributed by atoms with Crippen LogP contribution in [-0.2, 0) is 12.8 Å². The molecule has 0 aliphatic heterocycles. The quantitative estimate of drug-likeness (QED) is 0.195. The SMILES string of the molecule is CCc1ccc(C(=O)c2ccc3c(-c4c(O)ccc5cc(C(=O)c6ccc(CC)cc6)ccc45)c(O)ccc3c2)cc1. The molecule has 6 rings (SSSR count). The Morgan fingerprint density at radius 1 is 0.476 bits per heavy atom. The number of hydrogen-bond acceptors (Lipinski definition) is 4. The first-order chi connectivity index (χ1) is 20.4. The van der Waals surface area contributed by atoms with Crippen molar-refractivity contribution in [2.75, 3.05) is 0 Å². The molecule has 4 heteroatoms. The van der Waals surface area contributed by atoms with Gasteiger partial charge in [0.1, 0.15) is 11.5 Å². The van der Waals surface area contributed by atoms with Crippen LogP contribution < -0.4 is 0 Å². The Morgan fingerprint density at radius 3 is 1.19 bits per heavy atom. The van der Waals surface area contributed by atoms with Crippen molar-refractivity contribution in [2.45, 2.75) is 26.7 Å². The molecule has 4 nitrogen and oxygen atoms in total. The van der Waals surface area contributed by atoms with Crippen molar-refractivity contribution < 1.29 is 19.8 Å². The smallest absolute Gasteiger partial charge is 0.193 e. The second-order valence-corrected chi connectivity index (χ2v) is 10.6. The molecular weight excluding hydrogens is 520 g/mol. The molecule has 0 aliphatic rings. The van der Waals surface area contributed by atoms with Gasteiger partial charge in [-0.2, -0.15) is 0 Å². The van der Waals surface area contributed by atoms with E-state index in [1.54, 1.807) is 36.4 Å². The minimum atomic E-state index is -0.0799. The average Bonchev–Trinajstić information content (AvgIpc) is 3.04. The van der Waals surface area contributed by atoms with Crippen molar-refractivity contribution in [2.24, 2.45) is 0 Å². The van der Waals surface area contributed by atoms with Gasteiger partial charge in [0, 0.05) is 33.4 Å². The van der Waals surface area contributed by atoms with Crippen LogP contribution in [0.25, 0.3) is 32.7 Å². The fourth-order valence-corrected chi connectivity index (χ4v) is 5.56. The van der Waals surface area contributed by atoms with Gasteiger partial charge in [0.05, 0.1) is 0 Å². The first-order valence-corrected chi connectivity index (χ1v) is 14.2. The van der Waals surface area contributed by atoms with Crippen LogP contribution in [0.1, 0.15) is 56.8 Å². The molecule has 0 saturated heterocycles. The lowest BCUT2D eigenvalue weighted by Gasteiger charge is -2.15. The number of aromatic hydroxyl groups is 2. The van der Waals surface area contributed by atoms with E-state index in [2.05, 4.69) is 13.8 Å². The van der Waals surface area contributed by atoms with Gasteiger partial charge >= 0.3 is 0 Å². The van der Waals surface area contributed by atoms with Crippen molar-refractivity contribution in [3.63, 3.8) is 0 Å². The lowest BCUT2D eigenvalue weighted by atomic mass is 9.90. The Hall–Kier alpha value is -5.22. The lowest BCUT2D eigenvalue weighted by Crippen LogP contribution is -2.02. The number of benzene rings is 6. The molecule has 0 radical (unpaired) electrons. The summed E-state index contributed by atoms with van der Waals surface area (Å²) >= 11 is 0. The van der Waals surface area contributed by atoms with Crippen LogP contribution in [0.15, 0.2) is 109 Å². The second-order valence-electron chi connectivity index (χ2n) is 10.6. The van der Waals surface area contributed by atoms with Crippen LogP contribution in [0.3, 0.4) is 0 Å². The number of fused-ring (bicyclic) bond motifs is 2. The van der Waals surface area contributed by atoms with Crippen LogP contribution in [0.2, 0.25) is 0 Å². The first kappa shape index (κ1) is 27.0. The molecule has 6 aromatic carbocycles. The third-order valence-corrected chi connectivity index (χ3v) is 8.02. The summed E-state index contributed by atoms with van der Waals surface area (Å²) in [6.07, 6.45) is 1.81. The van der Waals surface area contributed by atoms with Crippen LogP contribution in [-0.4, -0.2) is 21.8 Å². The molecule has 6 aromatic rings. The molecule has 0 aliphatic carbocycles. The molecule has 0 heterocycles. The minimum absolute atomic E-state index is 0.00991. The maximum absolute atomic E-state index is 13.2. The van der Waals surface area contributed by atoms with E-state index in [1.807, 2.05) is 72.8 Å². The van der Waals surface area contributed by atoms with Gasteiger partial charge in [-0.3, -0.25) is 9.59 Å². The zero-order chi connectivity index (χ0) is 29.4. The zero-order valence-corrected chi connectivity index (χ0v) is 23.5. The third-order valence-electron chi connectivity index (χ3n) is 8.02. The number of hydrogen-bond donors (Lipinski definition) is 2. The van der Waals surface area contributed by atoms with E-state index in [0.717, 1.165) is 23.6 Å². The Bertz CT molecular complexity index is 1840. The van der Waals surface area contributed by atoms with E-state index in [9.17, 15) is 19.8 Å². The van der Waals surface area contributed by atoms with Gasteiger partial charge in [-0.1, -0.05) is 98.8 Å². The van der Waals surface area contributed by atoms with Crippen molar-refractivity contribution in [1.82, 2.24) is 0 Å². The number of ketones is 2. The van der Waals surface area contributed by atoms with Gasteiger partial charge in [0.2, 0.25) is 0 Å². The van der Waals surface area contributed by atoms with E-state index in [1.165, 1.54) is 11.1 Å². The largest absolute Gasteiger partial charge is 0.507 e. The maximum Gasteiger partial charge on any atom is 0.193 e. The normalized spacial score (nSPS) is 11.2. The topological polar surface area (TPSA) is 74.6 Å². The summed E-state index contributed by atoms with van der Waals surface area (Å²) < 4.78 is 0. The molecule has 0 fully saturated rings. The summed E-state index contributed by atoms with van der Waals surface area (Å²) in [6, 6.07) is 32.7. The summed E-state index contributed by atoms with van der Waals surface area (Å²) in [5.41, 5.74) is 5.59. The Morgan fingerprint density at radius 2 is 0.833 bits per heavy atom. The van der Waals surface area contributed by atoms with Crippen molar-refractivity contribution in [3.8, 4) is 22.6 Å². The molecule has 0 aromatic heterocycles. The van der Waals surface area contributed by atoms with E-state index in [0.29, 0.717) is 44.2 Å². The minimum Gasteiger partial charge on any atom is -0.507 e. The second kappa shape index (κ2) is 11.0. The Labute approximate surface area is 244 Å².